The van der Waals surface area contributed by atoms with E-state index in [1.807, 2.05) is 24.3 Å². The van der Waals surface area contributed by atoms with Gasteiger partial charge in [-0.3, -0.25) is 4.79 Å². The maximum atomic E-state index is 12.3. The SMILES string of the molecule is CCCNc1ccc(C(=O)Nc2ccc(OCc3ccc(Cl)cc3)cc2)nn1. The molecule has 1 amide bonds. The number of benzene rings is 2. The molecule has 144 valence electrons. The van der Waals surface area contributed by atoms with E-state index in [1.54, 1.807) is 36.4 Å². The standard InChI is InChI=1S/C21H21ClN4O2/c1-2-13-23-20-12-11-19(25-26-20)21(27)24-17-7-9-18(10-8-17)28-14-15-3-5-16(22)6-4-15/h3-12H,2,13-14H2,1H3,(H,23,26)(H,24,27). The van der Waals surface area contributed by atoms with E-state index in [2.05, 4.69) is 27.8 Å². The molecule has 3 rings (SSSR count). The summed E-state index contributed by atoms with van der Waals surface area (Å²) in [6.07, 6.45) is 0.989. The van der Waals surface area contributed by atoms with E-state index in [0.29, 0.717) is 28.9 Å². The molecule has 0 aliphatic rings. The number of hydrogen-bond donors (Lipinski definition) is 2. The lowest BCUT2D eigenvalue weighted by Crippen LogP contribution is -2.15. The number of aromatic nitrogens is 2. The monoisotopic (exact) mass is 396 g/mol. The zero-order valence-electron chi connectivity index (χ0n) is 15.5. The Kier molecular flexibility index (Phi) is 6.81. The summed E-state index contributed by atoms with van der Waals surface area (Å²) < 4.78 is 5.74. The van der Waals surface area contributed by atoms with Crippen LogP contribution in [-0.4, -0.2) is 22.6 Å². The number of hydrogen-bond acceptors (Lipinski definition) is 5. The maximum absolute atomic E-state index is 12.3. The van der Waals surface area contributed by atoms with Crippen LogP contribution in [0, 0.1) is 0 Å². The van der Waals surface area contributed by atoms with Crippen LogP contribution in [-0.2, 0) is 6.61 Å². The van der Waals surface area contributed by atoms with E-state index in [0.717, 1.165) is 18.5 Å². The Balaban J connectivity index is 1.53. The zero-order chi connectivity index (χ0) is 19.8. The van der Waals surface area contributed by atoms with Gasteiger partial charge in [0.2, 0.25) is 0 Å². The summed E-state index contributed by atoms with van der Waals surface area (Å²) in [5.41, 5.74) is 1.93. The predicted molar refractivity (Wildman–Crippen MR) is 111 cm³/mol. The second kappa shape index (κ2) is 9.71. The highest BCUT2D eigenvalue weighted by Gasteiger charge is 2.09. The molecule has 0 fully saturated rings. The van der Waals surface area contributed by atoms with E-state index in [4.69, 9.17) is 16.3 Å². The fourth-order valence-corrected chi connectivity index (χ4v) is 2.50. The Bertz CT molecular complexity index is 897. The quantitative estimate of drug-likeness (QED) is 0.572. The first-order valence-electron chi connectivity index (χ1n) is 9.00. The highest BCUT2D eigenvalue weighted by Crippen LogP contribution is 2.18. The number of rotatable bonds is 8. The molecule has 0 saturated heterocycles. The minimum atomic E-state index is -0.315. The van der Waals surface area contributed by atoms with Gasteiger partial charge in [0.25, 0.3) is 5.91 Å². The summed E-state index contributed by atoms with van der Waals surface area (Å²) in [5.74, 6) is 1.05. The van der Waals surface area contributed by atoms with E-state index in [1.165, 1.54) is 0 Å². The van der Waals surface area contributed by atoms with Crippen LogP contribution in [0.1, 0.15) is 29.4 Å². The van der Waals surface area contributed by atoms with Gasteiger partial charge in [-0.2, -0.15) is 0 Å². The molecule has 7 heteroatoms. The molecular weight excluding hydrogens is 376 g/mol. The third-order valence-corrected chi connectivity index (χ3v) is 4.14. The van der Waals surface area contributed by atoms with Gasteiger partial charge in [-0.1, -0.05) is 30.7 Å². The number of nitrogens with zero attached hydrogens (tertiary/aromatic N) is 2. The number of amides is 1. The predicted octanol–water partition coefficient (Wildman–Crippen LogP) is 4.78. The lowest BCUT2D eigenvalue weighted by molar-refractivity contribution is 0.102. The van der Waals surface area contributed by atoms with Crippen molar-refractivity contribution < 1.29 is 9.53 Å². The Hall–Kier alpha value is -3.12. The number of nitrogens with one attached hydrogen (secondary N) is 2. The van der Waals surface area contributed by atoms with E-state index in [9.17, 15) is 4.79 Å². The third kappa shape index (κ3) is 5.69. The molecule has 0 saturated carbocycles. The Morgan fingerprint density at radius 2 is 1.75 bits per heavy atom. The summed E-state index contributed by atoms with van der Waals surface area (Å²) in [6.45, 7) is 3.32. The van der Waals surface area contributed by atoms with E-state index < -0.39 is 0 Å². The van der Waals surface area contributed by atoms with Crippen LogP contribution in [0.3, 0.4) is 0 Å². The molecule has 0 atom stereocenters. The van der Waals surface area contributed by atoms with Crippen molar-refractivity contribution in [2.75, 3.05) is 17.2 Å². The minimum absolute atomic E-state index is 0.255. The zero-order valence-corrected chi connectivity index (χ0v) is 16.2. The van der Waals surface area contributed by atoms with Crippen LogP contribution in [0.5, 0.6) is 5.75 Å². The summed E-state index contributed by atoms with van der Waals surface area (Å²) in [7, 11) is 0. The van der Waals surface area contributed by atoms with Crippen molar-refractivity contribution in [3.05, 3.63) is 76.9 Å². The van der Waals surface area contributed by atoms with Crippen molar-refractivity contribution in [3.8, 4) is 5.75 Å². The Labute approximate surface area is 168 Å². The molecule has 0 radical (unpaired) electrons. The van der Waals surface area contributed by atoms with Crippen LogP contribution >= 0.6 is 11.6 Å². The first-order valence-corrected chi connectivity index (χ1v) is 9.38. The van der Waals surface area contributed by atoms with Gasteiger partial charge in [0.15, 0.2) is 5.69 Å². The molecule has 0 aliphatic heterocycles. The molecule has 2 aromatic carbocycles. The second-order valence-corrected chi connectivity index (χ2v) is 6.56. The largest absolute Gasteiger partial charge is 0.489 e. The van der Waals surface area contributed by atoms with Crippen LogP contribution < -0.4 is 15.4 Å². The molecule has 1 heterocycles. The van der Waals surface area contributed by atoms with Gasteiger partial charge in [0.1, 0.15) is 18.2 Å². The van der Waals surface area contributed by atoms with E-state index >= 15 is 0 Å². The second-order valence-electron chi connectivity index (χ2n) is 6.12. The molecule has 3 aromatic rings. The van der Waals surface area contributed by atoms with Crippen molar-refractivity contribution in [1.29, 1.82) is 0 Å². The van der Waals surface area contributed by atoms with Crippen LogP contribution in [0.25, 0.3) is 0 Å². The highest BCUT2D eigenvalue weighted by molar-refractivity contribution is 6.30. The smallest absolute Gasteiger partial charge is 0.276 e. The first-order chi connectivity index (χ1) is 13.6. The number of ether oxygens (including phenoxy) is 1. The molecule has 0 spiro atoms. The summed E-state index contributed by atoms with van der Waals surface area (Å²) in [6, 6.07) is 18.0. The summed E-state index contributed by atoms with van der Waals surface area (Å²) in [4.78, 5) is 12.3. The van der Waals surface area contributed by atoms with Gasteiger partial charge in [0.05, 0.1) is 0 Å². The van der Waals surface area contributed by atoms with Crippen molar-refractivity contribution in [1.82, 2.24) is 10.2 Å². The topological polar surface area (TPSA) is 76.1 Å². The molecule has 1 aromatic heterocycles. The van der Waals surface area contributed by atoms with Gasteiger partial charge < -0.3 is 15.4 Å². The van der Waals surface area contributed by atoms with Gasteiger partial charge in [-0.15, -0.1) is 10.2 Å². The van der Waals surface area contributed by atoms with Crippen molar-refractivity contribution >= 4 is 29.0 Å². The van der Waals surface area contributed by atoms with Crippen LogP contribution in [0.4, 0.5) is 11.5 Å². The third-order valence-electron chi connectivity index (χ3n) is 3.88. The molecule has 28 heavy (non-hydrogen) atoms. The van der Waals surface area contributed by atoms with Crippen LogP contribution in [0.2, 0.25) is 5.02 Å². The summed E-state index contributed by atoms with van der Waals surface area (Å²) in [5, 5.41) is 14.6. The number of carbonyl (C=O) groups is 1. The van der Waals surface area contributed by atoms with Crippen molar-refractivity contribution in [2.24, 2.45) is 0 Å². The number of carbonyl (C=O) groups excluding carboxylic acids is 1. The lowest BCUT2D eigenvalue weighted by Gasteiger charge is -2.09. The van der Waals surface area contributed by atoms with Crippen molar-refractivity contribution in [3.63, 3.8) is 0 Å². The fourth-order valence-electron chi connectivity index (χ4n) is 2.38. The average molecular weight is 397 g/mol. The van der Waals surface area contributed by atoms with Crippen molar-refractivity contribution in [2.45, 2.75) is 20.0 Å². The normalized spacial score (nSPS) is 10.4. The fraction of sp³-hybridized carbons (Fsp3) is 0.190. The van der Waals surface area contributed by atoms with Gasteiger partial charge >= 0.3 is 0 Å². The van der Waals surface area contributed by atoms with Crippen LogP contribution in [0.15, 0.2) is 60.7 Å². The highest BCUT2D eigenvalue weighted by atomic mass is 35.5. The number of halogens is 1. The molecule has 2 N–H and O–H groups in total. The minimum Gasteiger partial charge on any atom is -0.489 e. The van der Waals surface area contributed by atoms with Gasteiger partial charge in [0, 0.05) is 17.3 Å². The average Bonchev–Trinajstić information content (AvgIpc) is 2.73. The Morgan fingerprint density at radius 1 is 1.00 bits per heavy atom. The molecule has 0 bridgehead atoms. The lowest BCUT2D eigenvalue weighted by atomic mass is 10.2. The van der Waals surface area contributed by atoms with E-state index in [-0.39, 0.29) is 11.6 Å². The first kappa shape index (κ1) is 19.6. The molecular formula is C21H21ClN4O2. The summed E-state index contributed by atoms with van der Waals surface area (Å²) >= 11 is 5.87. The number of anilines is 2. The van der Waals surface area contributed by atoms with Gasteiger partial charge in [-0.25, -0.2) is 0 Å². The van der Waals surface area contributed by atoms with Gasteiger partial charge in [-0.05, 0) is 60.5 Å². The molecule has 0 aliphatic carbocycles. The Morgan fingerprint density at radius 3 is 2.39 bits per heavy atom. The molecule has 0 unspecified atom stereocenters. The molecule has 6 nitrogen and oxygen atoms in total. The maximum Gasteiger partial charge on any atom is 0.276 e.